The third-order valence-electron chi connectivity index (χ3n) is 3.48. The molecule has 18 heavy (non-hydrogen) atoms. The summed E-state index contributed by atoms with van der Waals surface area (Å²) in [7, 11) is 0. The van der Waals surface area contributed by atoms with Crippen LogP contribution in [0.1, 0.15) is 30.1 Å². The minimum Gasteiger partial charge on any atom is -0.304 e. The van der Waals surface area contributed by atoms with Crippen molar-refractivity contribution in [2.75, 3.05) is 0 Å². The minimum atomic E-state index is 0.480. The molecular formula is C16H18N2. The molecular weight excluding hydrogens is 220 g/mol. The summed E-state index contributed by atoms with van der Waals surface area (Å²) in [6.07, 6.45) is 4.54. The Morgan fingerprint density at radius 1 is 1.06 bits per heavy atom. The molecule has 1 aliphatic rings. The van der Waals surface area contributed by atoms with Gasteiger partial charge in [-0.2, -0.15) is 0 Å². The first-order chi connectivity index (χ1) is 8.93. The van der Waals surface area contributed by atoms with Gasteiger partial charge in [0.2, 0.25) is 0 Å². The molecule has 0 bridgehead atoms. The van der Waals surface area contributed by atoms with Crippen LogP contribution in [0.25, 0.3) is 0 Å². The van der Waals surface area contributed by atoms with Crippen molar-refractivity contribution in [1.29, 1.82) is 0 Å². The van der Waals surface area contributed by atoms with Crippen LogP contribution in [0.2, 0.25) is 0 Å². The van der Waals surface area contributed by atoms with E-state index in [1.807, 2.05) is 18.3 Å². The van der Waals surface area contributed by atoms with E-state index in [1.165, 1.54) is 18.4 Å². The third-order valence-corrected chi connectivity index (χ3v) is 3.48. The quantitative estimate of drug-likeness (QED) is 0.864. The molecule has 1 heterocycles. The van der Waals surface area contributed by atoms with Crippen LogP contribution >= 0.6 is 0 Å². The molecule has 0 spiro atoms. The Bertz CT molecular complexity index is 477. The number of pyridine rings is 1. The largest absolute Gasteiger partial charge is 0.304 e. The Kier molecular flexibility index (Phi) is 3.37. The smallest absolute Gasteiger partial charge is 0.0541 e. The van der Waals surface area contributed by atoms with Crippen LogP contribution in [0.15, 0.2) is 54.7 Å². The van der Waals surface area contributed by atoms with Gasteiger partial charge in [0.05, 0.1) is 5.69 Å². The molecule has 1 aromatic carbocycles. The van der Waals surface area contributed by atoms with Gasteiger partial charge in [0.1, 0.15) is 0 Å². The van der Waals surface area contributed by atoms with Crippen LogP contribution in [-0.4, -0.2) is 4.98 Å². The maximum absolute atomic E-state index is 4.36. The first-order valence-corrected chi connectivity index (χ1v) is 6.62. The summed E-state index contributed by atoms with van der Waals surface area (Å²) < 4.78 is 0. The summed E-state index contributed by atoms with van der Waals surface area (Å²) in [6.45, 7) is 0.844. The van der Waals surface area contributed by atoms with E-state index in [4.69, 9.17) is 0 Å². The molecule has 1 atom stereocenters. The van der Waals surface area contributed by atoms with Gasteiger partial charge in [0.25, 0.3) is 0 Å². The van der Waals surface area contributed by atoms with Gasteiger partial charge in [0.15, 0.2) is 0 Å². The van der Waals surface area contributed by atoms with Gasteiger partial charge < -0.3 is 5.32 Å². The van der Waals surface area contributed by atoms with Crippen LogP contribution in [0, 0.1) is 5.92 Å². The van der Waals surface area contributed by atoms with Gasteiger partial charge in [-0.15, -0.1) is 0 Å². The lowest BCUT2D eigenvalue weighted by molar-refractivity contribution is 0.476. The molecule has 0 unspecified atom stereocenters. The van der Waals surface area contributed by atoms with Gasteiger partial charge in [-0.3, -0.25) is 4.98 Å². The number of nitrogens with zero attached hydrogens (tertiary/aromatic N) is 1. The van der Waals surface area contributed by atoms with E-state index < -0.39 is 0 Å². The normalized spacial score (nSPS) is 16.4. The molecule has 2 aromatic rings. The fourth-order valence-electron chi connectivity index (χ4n) is 2.36. The zero-order valence-electron chi connectivity index (χ0n) is 10.4. The Balaban J connectivity index is 1.68. The Morgan fingerprint density at radius 2 is 1.83 bits per heavy atom. The summed E-state index contributed by atoms with van der Waals surface area (Å²) in [4.78, 5) is 4.36. The first-order valence-electron chi connectivity index (χ1n) is 6.62. The molecule has 0 saturated heterocycles. The number of hydrogen-bond acceptors (Lipinski definition) is 2. The van der Waals surface area contributed by atoms with E-state index in [0.29, 0.717) is 6.04 Å². The molecule has 1 N–H and O–H groups in total. The molecule has 2 heteroatoms. The van der Waals surface area contributed by atoms with Crippen molar-refractivity contribution in [1.82, 2.24) is 10.3 Å². The highest BCUT2D eigenvalue weighted by Gasteiger charge is 2.31. The van der Waals surface area contributed by atoms with E-state index in [2.05, 4.69) is 46.7 Å². The van der Waals surface area contributed by atoms with Crippen LogP contribution in [0.3, 0.4) is 0 Å². The van der Waals surface area contributed by atoms with Crippen molar-refractivity contribution in [2.45, 2.75) is 25.4 Å². The molecule has 1 saturated carbocycles. The topological polar surface area (TPSA) is 24.9 Å². The van der Waals surface area contributed by atoms with Crippen molar-refractivity contribution in [3.63, 3.8) is 0 Å². The van der Waals surface area contributed by atoms with Crippen LogP contribution in [-0.2, 0) is 6.54 Å². The summed E-state index contributed by atoms with van der Waals surface area (Å²) in [5.41, 5.74) is 2.51. The lowest BCUT2D eigenvalue weighted by Crippen LogP contribution is -2.23. The number of nitrogens with one attached hydrogen (secondary N) is 1. The predicted molar refractivity (Wildman–Crippen MR) is 73.0 cm³/mol. The molecule has 92 valence electrons. The van der Waals surface area contributed by atoms with Crippen molar-refractivity contribution in [3.8, 4) is 0 Å². The van der Waals surface area contributed by atoms with E-state index in [9.17, 15) is 0 Å². The second-order valence-electron chi connectivity index (χ2n) is 4.93. The molecule has 0 aliphatic heterocycles. The van der Waals surface area contributed by atoms with Crippen LogP contribution < -0.4 is 5.32 Å². The lowest BCUT2D eigenvalue weighted by Gasteiger charge is -2.18. The zero-order chi connectivity index (χ0) is 12.2. The van der Waals surface area contributed by atoms with Crippen molar-refractivity contribution in [3.05, 3.63) is 66.0 Å². The van der Waals surface area contributed by atoms with Crippen molar-refractivity contribution >= 4 is 0 Å². The number of hydrogen-bond donors (Lipinski definition) is 1. The van der Waals surface area contributed by atoms with Crippen molar-refractivity contribution < 1.29 is 0 Å². The zero-order valence-corrected chi connectivity index (χ0v) is 10.4. The van der Waals surface area contributed by atoms with E-state index in [1.54, 1.807) is 0 Å². The summed E-state index contributed by atoms with van der Waals surface area (Å²) in [5, 5.41) is 3.65. The van der Waals surface area contributed by atoms with Gasteiger partial charge in [-0.1, -0.05) is 36.4 Å². The van der Waals surface area contributed by atoms with Gasteiger partial charge in [-0.25, -0.2) is 0 Å². The highest BCUT2D eigenvalue weighted by molar-refractivity contribution is 5.21. The Hall–Kier alpha value is -1.67. The van der Waals surface area contributed by atoms with Crippen LogP contribution in [0.5, 0.6) is 0 Å². The second-order valence-corrected chi connectivity index (χ2v) is 4.93. The molecule has 1 fully saturated rings. The van der Waals surface area contributed by atoms with Gasteiger partial charge >= 0.3 is 0 Å². The SMILES string of the molecule is c1ccc([C@H](NCc2ccccn2)C2CC2)cc1. The molecule has 1 aliphatic carbocycles. The second kappa shape index (κ2) is 5.32. The summed E-state index contributed by atoms with van der Waals surface area (Å²) in [6, 6.07) is 17.3. The summed E-state index contributed by atoms with van der Waals surface area (Å²) in [5.74, 6) is 0.802. The third kappa shape index (κ3) is 2.77. The van der Waals surface area contributed by atoms with Gasteiger partial charge in [0, 0.05) is 18.8 Å². The molecule has 1 aromatic heterocycles. The Labute approximate surface area is 108 Å². The standard InChI is InChI=1S/C16H18N2/c1-2-6-13(7-3-1)16(14-9-10-14)18-12-15-8-4-5-11-17-15/h1-8,11,14,16,18H,9-10,12H2/t16-/m0/s1. The van der Waals surface area contributed by atoms with E-state index in [0.717, 1.165) is 18.2 Å². The first kappa shape index (κ1) is 11.4. The van der Waals surface area contributed by atoms with Crippen molar-refractivity contribution in [2.24, 2.45) is 5.92 Å². The highest BCUT2D eigenvalue weighted by atomic mass is 14.9. The lowest BCUT2D eigenvalue weighted by atomic mass is 10.0. The maximum Gasteiger partial charge on any atom is 0.0541 e. The average molecular weight is 238 g/mol. The molecule has 3 rings (SSSR count). The van der Waals surface area contributed by atoms with E-state index in [-0.39, 0.29) is 0 Å². The minimum absolute atomic E-state index is 0.480. The highest BCUT2D eigenvalue weighted by Crippen LogP contribution is 2.40. The molecule has 2 nitrogen and oxygen atoms in total. The monoisotopic (exact) mass is 238 g/mol. The number of rotatable bonds is 5. The maximum atomic E-state index is 4.36. The molecule has 0 radical (unpaired) electrons. The predicted octanol–water partition coefficient (Wildman–Crippen LogP) is 3.32. The Morgan fingerprint density at radius 3 is 2.50 bits per heavy atom. The fraction of sp³-hybridized carbons (Fsp3) is 0.312. The fourth-order valence-corrected chi connectivity index (χ4v) is 2.36. The molecule has 0 amide bonds. The summed E-state index contributed by atoms with van der Waals surface area (Å²) >= 11 is 0. The van der Waals surface area contributed by atoms with Gasteiger partial charge in [-0.05, 0) is 36.5 Å². The average Bonchev–Trinajstić information content (AvgIpc) is 3.26. The number of benzene rings is 1. The van der Waals surface area contributed by atoms with E-state index >= 15 is 0 Å². The van der Waals surface area contributed by atoms with Crippen LogP contribution in [0.4, 0.5) is 0 Å². The number of aromatic nitrogens is 1.